The summed E-state index contributed by atoms with van der Waals surface area (Å²) >= 11 is 0. The lowest BCUT2D eigenvalue weighted by Gasteiger charge is -1.89. The van der Waals surface area contributed by atoms with Crippen molar-refractivity contribution in [3.8, 4) is 0 Å². The Bertz CT molecular complexity index is 293. The van der Waals surface area contributed by atoms with E-state index in [1.54, 1.807) is 0 Å². The highest BCUT2D eigenvalue weighted by atomic mass is 16.4. The molecule has 0 atom stereocenters. The zero-order chi connectivity index (χ0) is 11.0. The minimum absolute atomic E-state index is 0.278. The molecule has 0 saturated heterocycles. The van der Waals surface area contributed by atoms with Crippen molar-refractivity contribution in [3.05, 3.63) is 35.4 Å². The van der Waals surface area contributed by atoms with Crippen molar-refractivity contribution in [2.75, 3.05) is 6.54 Å². The van der Waals surface area contributed by atoms with E-state index in [1.165, 1.54) is 5.56 Å². The number of nitrogens with two attached hydrogens (primary N) is 1. The van der Waals surface area contributed by atoms with Crippen LogP contribution in [0, 0.1) is 6.92 Å². The Balaban J connectivity index is 0.000000292. The van der Waals surface area contributed by atoms with Crippen molar-refractivity contribution < 1.29 is 14.7 Å². The van der Waals surface area contributed by atoms with Crippen LogP contribution in [-0.4, -0.2) is 23.9 Å². The summed E-state index contributed by atoms with van der Waals surface area (Å²) in [5.41, 5.74) is 6.49. The Labute approximate surface area is 82.4 Å². The van der Waals surface area contributed by atoms with Crippen LogP contribution in [0.25, 0.3) is 0 Å². The topological polar surface area (TPSA) is 80.4 Å². The van der Waals surface area contributed by atoms with Crippen molar-refractivity contribution in [3.63, 3.8) is 0 Å². The Morgan fingerprint density at radius 2 is 1.86 bits per heavy atom. The van der Waals surface area contributed by atoms with Crippen LogP contribution < -0.4 is 5.73 Å². The first kappa shape index (κ1) is 12.3. The smallest absolute Gasteiger partial charge is 0.317 e. The van der Waals surface area contributed by atoms with E-state index in [0.29, 0.717) is 0 Å². The van der Waals surface area contributed by atoms with Gasteiger partial charge in [-0.3, -0.25) is 9.59 Å². The normalized spacial score (nSPS) is 8.43. The first-order valence-corrected chi connectivity index (χ1v) is 4.04. The molecule has 1 rings (SSSR count). The molecule has 0 saturated carbocycles. The first-order chi connectivity index (χ1) is 6.60. The largest absolute Gasteiger partial charge is 0.480 e. The fourth-order valence-corrected chi connectivity index (χ4v) is 0.645. The molecule has 76 valence electrons. The molecule has 0 heterocycles. The third kappa shape index (κ3) is 5.91. The van der Waals surface area contributed by atoms with Crippen LogP contribution in [0.3, 0.4) is 0 Å². The number of carboxylic acid groups (broad SMARTS) is 1. The van der Waals surface area contributed by atoms with E-state index in [2.05, 4.69) is 5.73 Å². The predicted octanol–water partition coefficient (Wildman–Crippen LogP) is 0.837. The molecule has 0 aliphatic rings. The summed E-state index contributed by atoms with van der Waals surface area (Å²) in [6.45, 7) is 1.72. The molecule has 1 aromatic carbocycles. The van der Waals surface area contributed by atoms with Gasteiger partial charge in [-0.25, -0.2) is 0 Å². The van der Waals surface area contributed by atoms with Gasteiger partial charge in [-0.1, -0.05) is 29.8 Å². The number of benzene rings is 1. The van der Waals surface area contributed by atoms with Gasteiger partial charge in [-0.2, -0.15) is 0 Å². The van der Waals surface area contributed by atoms with Crippen LogP contribution in [0.1, 0.15) is 15.9 Å². The van der Waals surface area contributed by atoms with E-state index in [-0.39, 0.29) is 6.54 Å². The molecular weight excluding hydrogens is 182 g/mol. The van der Waals surface area contributed by atoms with Gasteiger partial charge in [0.25, 0.3) is 0 Å². The second kappa shape index (κ2) is 6.80. The number of hydrogen-bond acceptors (Lipinski definition) is 3. The van der Waals surface area contributed by atoms with E-state index in [4.69, 9.17) is 5.11 Å². The maximum atomic E-state index is 10.1. The lowest BCUT2D eigenvalue weighted by Crippen LogP contribution is -2.10. The molecule has 0 amide bonds. The highest BCUT2D eigenvalue weighted by molar-refractivity contribution is 5.74. The van der Waals surface area contributed by atoms with Gasteiger partial charge in [0.1, 0.15) is 6.29 Å². The molecule has 0 aliphatic carbocycles. The Kier molecular flexibility index (Phi) is 5.98. The van der Waals surface area contributed by atoms with E-state index in [9.17, 15) is 9.59 Å². The quantitative estimate of drug-likeness (QED) is 0.685. The fourth-order valence-electron chi connectivity index (χ4n) is 0.645. The Hall–Kier alpha value is -1.68. The number of aldehydes is 1. The maximum absolute atomic E-state index is 10.1. The van der Waals surface area contributed by atoms with Crippen LogP contribution >= 0.6 is 0 Å². The van der Waals surface area contributed by atoms with Gasteiger partial charge in [0.2, 0.25) is 0 Å². The minimum Gasteiger partial charge on any atom is -0.480 e. The number of rotatable bonds is 2. The monoisotopic (exact) mass is 195 g/mol. The molecule has 0 spiro atoms. The standard InChI is InChI=1S/C8H8O.C2H5NO2/c1-7-2-4-8(6-9)5-3-7;3-1-2(4)5/h2-6H,1H3;1,3H2,(H,4,5). The highest BCUT2D eigenvalue weighted by Crippen LogP contribution is 1.98. The summed E-state index contributed by atoms with van der Waals surface area (Å²) < 4.78 is 0. The number of carbonyl (C=O) groups is 2. The van der Waals surface area contributed by atoms with Gasteiger partial charge in [-0.05, 0) is 6.92 Å². The average molecular weight is 195 g/mol. The van der Waals surface area contributed by atoms with Crippen LogP contribution in [-0.2, 0) is 4.79 Å². The van der Waals surface area contributed by atoms with Crippen molar-refractivity contribution in [2.45, 2.75) is 6.92 Å². The Morgan fingerprint density at radius 3 is 2.14 bits per heavy atom. The molecule has 0 unspecified atom stereocenters. The van der Waals surface area contributed by atoms with E-state index < -0.39 is 5.97 Å². The number of hydrogen-bond donors (Lipinski definition) is 2. The summed E-state index contributed by atoms with van der Waals surface area (Å²) in [6.07, 6.45) is 0.847. The summed E-state index contributed by atoms with van der Waals surface area (Å²) in [7, 11) is 0. The van der Waals surface area contributed by atoms with Crippen LogP contribution in [0.4, 0.5) is 0 Å². The van der Waals surface area contributed by atoms with E-state index in [0.717, 1.165) is 11.8 Å². The summed E-state index contributed by atoms with van der Waals surface area (Å²) in [5, 5.41) is 7.60. The van der Waals surface area contributed by atoms with E-state index in [1.807, 2.05) is 31.2 Å². The molecule has 4 heteroatoms. The number of aliphatic carboxylic acids is 1. The molecule has 0 aromatic heterocycles. The van der Waals surface area contributed by atoms with Crippen molar-refractivity contribution in [1.82, 2.24) is 0 Å². The minimum atomic E-state index is -0.968. The first-order valence-electron chi connectivity index (χ1n) is 4.04. The third-order valence-electron chi connectivity index (χ3n) is 1.39. The van der Waals surface area contributed by atoms with Crippen LogP contribution in [0.5, 0.6) is 0 Å². The van der Waals surface area contributed by atoms with Crippen molar-refractivity contribution >= 4 is 12.3 Å². The second-order valence-corrected chi connectivity index (χ2v) is 2.63. The average Bonchev–Trinajstić information content (AvgIpc) is 2.20. The molecule has 4 nitrogen and oxygen atoms in total. The van der Waals surface area contributed by atoms with Crippen molar-refractivity contribution in [2.24, 2.45) is 5.73 Å². The highest BCUT2D eigenvalue weighted by Gasteiger charge is 1.85. The van der Waals surface area contributed by atoms with Crippen LogP contribution in [0.2, 0.25) is 0 Å². The van der Waals surface area contributed by atoms with E-state index >= 15 is 0 Å². The van der Waals surface area contributed by atoms with Crippen molar-refractivity contribution in [1.29, 1.82) is 0 Å². The van der Waals surface area contributed by atoms with Gasteiger partial charge in [0.05, 0.1) is 6.54 Å². The summed E-state index contributed by atoms with van der Waals surface area (Å²) in [6, 6.07) is 7.46. The molecule has 0 aliphatic heterocycles. The lowest BCUT2D eigenvalue weighted by atomic mass is 10.2. The van der Waals surface area contributed by atoms with Gasteiger partial charge in [0.15, 0.2) is 0 Å². The second-order valence-electron chi connectivity index (χ2n) is 2.63. The number of aryl methyl sites for hydroxylation is 1. The Morgan fingerprint density at radius 1 is 1.43 bits per heavy atom. The SMILES string of the molecule is Cc1ccc(C=O)cc1.NCC(=O)O. The number of carboxylic acids is 1. The summed E-state index contributed by atoms with van der Waals surface area (Å²) in [4.78, 5) is 19.4. The fraction of sp³-hybridized carbons (Fsp3) is 0.200. The maximum Gasteiger partial charge on any atom is 0.317 e. The summed E-state index contributed by atoms with van der Waals surface area (Å²) in [5.74, 6) is -0.968. The molecule has 3 N–H and O–H groups in total. The lowest BCUT2D eigenvalue weighted by molar-refractivity contribution is -0.135. The molecule has 0 bridgehead atoms. The number of carbonyl (C=O) groups excluding carboxylic acids is 1. The molecule has 0 radical (unpaired) electrons. The molecule has 0 fully saturated rings. The predicted molar refractivity (Wildman–Crippen MR) is 53.3 cm³/mol. The van der Waals surface area contributed by atoms with Gasteiger partial charge < -0.3 is 10.8 Å². The van der Waals surface area contributed by atoms with Crippen LogP contribution in [0.15, 0.2) is 24.3 Å². The van der Waals surface area contributed by atoms with Gasteiger partial charge in [0, 0.05) is 5.56 Å². The van der Waals surface area contributed by atoms with Gasteiger partial charge >= 0.3 is 5.97 Å². The zero-order valence-corrected chi connectivity index (χ0v) is 7.93. The van der Waals surface area contributed by atoms with Gasteiger partial charge in [-0.15, -0.1) is 0 Å². The molecule has 1 aromatic rings. The molecule has 14 heavy (non-hydrogen) atoms. The molecular formula is C10H13NO3. The third-order valence-corrected chi connectivity index (χ3v) is 1.39. The zero-order valence-electron chi connectivity index (χ0n) is 7.93.